The highest BCUT2D eigenvalue weighted by molar-refractivity contribution is 5.98. The van der Waals surface area contributed by atoms with Crippen LogP contribution in [0.15, 0.2) is 108 Å². The molecule has 2 heterocycles. The molecule has 0 saturated carbocycles. The summed E-state index contributed by atoms with van der Waals surface area (Å²) in [5, 5.41) is 0. The summed E-state index contributed by atoms with van der Waals surface area (Å²) in [6.45, 7) is 2.15. The van der Waals surface area contributed by atoms with Gasteiger partial charge in [-0.15, -0.1) is 0 Å². The molecule has 42 heavy (non-hydrogen) atoms. The van der Waals surface area contributed by atoms with Gasteiger partial charge in [0.2, 0.25) is 0 Å². The van der Waals surface area contributed by atoms with Crippen molar-refractivity contribution in [3.63, 3.8) is 0 Å². The molecule has 0 unspecified atom stereocenters. The lowest BCUT2D eigenvalue weighted by atomic mass is 9.99. The van der Waals surface area contributed by atoms with E-state index in [9.17, 15) is 0 Å². The first-order valence-electron chi connectivity index (χ1n) is 14.3. The highest BCUT2D eigenvalue weighted by atomic mass is 16.5. The van der Waals surface area contributed by atoms with Gasteiger partial charge in [-0.05, 0) is 65.8 Å². The lowest BCUT2D eigenvalue weighted by Gasteiger charge is -2.08. The van der Waals surface area contributed by atoms with Gasteiger partial charge in [0, 0.05) is 0 Å². The fourth-order valence-electron chi connectivity index (χ4n) is 5.33. The van der Waals surface area contributed by atoms with Crippen molar-refractivity contribution in [2.24, 2.45) is 38.2 Å². The number of aryl methyl sites for hydroxylation is 4. The molecule has 0 saturated heterocycles. The summed E-state index contributed by atoms with van der Waals surface area (Å²) in [6, 6.07) is 25.9. The van der Waals surface area contributed by atoms with Gasteiger partial charge >= 0.3 is 17.5 Å². The monoisotopic (exact) mass is 560 g/mol. The van der Waals surface area contributed by atoms with Crippen LogP contribution in [-0.4, -0.2) is 27.9 Å². The van der Waals surface area contributed by atoms with E-state index in [1.54, 1.807) is 7.11 Å². The number of methoxy groups -OCH3 is 1. The summed E-state index contributed by atoms with van der Waals surface area (Å²) in [7, 11) is 9.75. The van der Waals surface area contributed by atoms with E-state index in [1.807, 2.05) is 47.8 Å². The molecule has 0 N–H and O–H groups in total. The first-order valence-corrected chi connectivity index (χ1v) is 14.3. The summed E-state index contributed by atoms with van der Waals surface area (Å²) in [4.78, 5) is 9.70. The Morgan fingerprint density at radius 1 is 0.690 bits per heavy atom. The van der Waals surface area contributed by atoms with Gasteiger partial charge in [-0.2, -0.15) is 0 Å². The standard InChI is InChI=1S/C35H40N6O/c1-7-32(34-38(2)19-20-39(34)3)36-30-15-11-26(12-16-30)23-28-9-8-10-29(25-28)24-27-13-17-31(18-14-27)37-33(42-6)35-40(4)21-22-41(35)5/h8-22,25H,7,23-24H2,1-6H3/q+2. The molecule has 0 aliphatic rings. The van der Waals surface area contributed by atoms with Crippen LogP contribution in [0.1, 0.15) is 47.2 Å². The number of imidazole rings is 2. The number of benzene rings is 3. The predicted molar refractivity (Wildman–Crippen MR) is 168 cm³/mol. The summed E-state index contributed by atoms with van der Waals surface area (Å²) in [5.41, 5.74) is 8.04. The zero-order chi connectivity index (χ0) is 29.6. The number of ether oxygens (including phenoxy) is 1. The van der Waals surface area contributed by atoms with E-state index < -0.39 is 0 Å². The van der Waals surface area contributed by atoms with Crippen LogP contribution in [-0.2, 0) is 45.8 Å². The SMILES string of the molecule is CCC(=Nc1ccc(Cc2cccc(Cc3ccc(N=C(OC)c4n(C)cc[n+]4C)cc3)c2)cc1)c1n(C)cc[n+]1C. The molecule has 214 valence electrons. The minimum atomic E-state index is 0.585. The quantitative estimate of drug-likeness (QED) is 0.134. The van der Waals surface area contributed by atoms with E-state index in [0.29, 0.717) is 5.90 Å². The van der Waals surface area contributed by atoms with Crippen LogP contribution in [0.25, 0.3) is 0 Å². The van der Waals surface area contributed by atoms with Crippen molar-refractivity contribution < 1.29 is 13.9 Å². The second-order valence-corrected chi connectivity index (χ2v) is 10.7. The van der Waals surface area contributed by atoms with Gasteiger partial charge in [0.05, 0.1) is 46.7 Å². The molecule has 0 spiro atoms. The number of aliphatic imine (C=N–C) groups is 2. The topological polar surface area (TPSA) is 51.6 Å². The maximum absolute atomic E-state index is 5.60. The van der Waals surface area contributed by atoms with E-state index in [1.165, 1.54) is 22.3 Å². The van der Waals surface area contributed by atoms with Gasteiger partial charge in [0.15, 0.2) is 0 Å². The predicted octanol–water partition coefficient (Wildman–Crippen LogP) is 5.45. The highest BCUT2D eigenvalue weighted by Gasteiger charge is 2.20. The van der Waals surface area contributed by atoms with Crippen molar-refractivity contribution in [2.75, 3.05) is 7.11 Å². The number of hydrogen-bond donors (Lipinski definition) is 0. The molecule has 7 heteroatoms. The fraction of sp³-hybridized carbons (Fsp3) is 0.257. The van der Waals surface area contributed by atoms with Crippen molar-refractivity contribution in [3.8, 4) is 0 Å². The number of nitrogens with zero attached hydrogens (tertiary/aromatic N) is 6. The van der Waals surface area contributed by atoms with Crippen molar-refractivity contribution >= 4 is 23.0 Å². The summed E-state index contributed by atoms with van der Waals surface area (Å²) < 4.78 is 13.8. The van der Waals surface area contributed by atoms with Crippen LogP contribution < -0.4 is 9.13 Å². The lowest BCUT2D eigenvalue weighted by molar-refractivity contribution is -0.672. The molecular formula is C35H40N6O+2. The third kappa shape index (κ3) is 6.57. The van der Waals surface area contributed by atoms with Gasteiger partial charge in [-0.25, -0.2) is 28.3 Å². The lowest BCUT2D eigenvalue weighted by Crippen LogP contribution is -2.35. The second kappa shape index (κ2) is 12.8. The number of aromatic nitrogens is 4. The van der Waals surface area contributed by atoms with Crippen molar-refractivity contribution in [2.45, 2.75) is 26.2 Å². The van der Waals surface area contributed by atoms with Gasteiger partial charge in [-0.1, -0.05) is 55.5 Å². The fourth-order valence-corrected chi connectivity index (χ4v) is 5.33. The van der Waals surface area contributed by atoms with E-state index in [-0.39, 0.29) is 0 Å². The molecule has 0 aliphatic carbocycles. The van der Waals surface area contributed by atoms with Crippen LogP contribution in [0.4, 0.5) is 11.4 Å². The Balaban J connectivity index is 1.25. The van der Waals surface area contributed by atoms with E-state index in [2.05, 4.69) is 103 Å². The average molecular weight is 561 g/mol. The minimum absolute atomic E-state index is 0.585. The Morgan fingerprint density at radius 3 is 1.64 bits per heavy atom. The van der Waals surface area contributed by atoms with Crippen LogP contribution >= 0.6 is 0 Å². The normalized spacial score (nSPS) is 12.1. The molecular weight excluding hydrogens is 520 g/mol. The molecule has 7 nitrogen and oxygen atoms in total. The van der Waals surface area contributed by atoms with Crippen LogP contribution in [0.3, 0.4) is 0 Å². The summed E-state index contributed by atoms with van der Waals surface area (Å²) in [5.74, 6) is 2.62. The Hall–Kier alpha value is -4.78. The zero-order valence-electron chi connectivity index (χ0n) is 25.5. The van der Waals surface area contributed by atoms with Gasteiger partial charge < -0.3 is 4.74 Å². The first-order chi connectivity index (χ1) is 20.3. The van der Waals surface area contributed by atoms with Gasteiger partial charge in [0.1, 0.15) is 30.5 Å². The van der Waals surface area contributed by atoms with E-state index in [0.717, 1.165) is 48.0 Å². The molecule has 5 rings (SSSR count). The molecule has 3 aromatic carbocycles. The van der Waals surface area contributed by atoms with Crippen LogP contribution in [0.5, 0.6) is 0 Å². The van der Waals surface area contributed by atoms with Gasteiger partial charge in [-0.3, -0.25) is 0 Å². The minimum Gasteiger partial charge on any atom is -0.475 e. The largest absolute Gasteiger partial charge is 0.475 e. The maximum atomic E-state index is 5.60. The van der Waals surface area contributed by atoms with Crippen molar-refractivity contribution in [1.82, 2.24) is 9.13 Å². The molecule has 0 fully saturated rings. The third-order valence-corrected chi connectivity index (χ3v) is 7.52. The molecule has 5 aromatic rings. The first kappa shape index (κ1) is 28.7. The molecule has 0 aliphatic heterocycles. The molecule has 2 aromatic heterocycles. The second-order valence-electron chi connectivity index (χ2n) is 10.7. The molecule has 0 bridgehead atoms. The Morgan fingerprint density at radius 2 is 1.19 bits per heavy atom. The smallest absolute Gasteiger partial charge is 0.344 e. The summed E-state index contributed by atoms with van der Waals surface area (Å²) in [6.07, 6.45) is 10.7. The molecule has 0 amide bonds. The zero-order valence-corrected chi connectivity index (χ0v) is 25.5. The average Bonchev–Trinajstić information content (AvgIpc) is 3.51. The van der Waals surface area contributed by atoms with Crippen LogP contribution in [0.2, 0.25) is 0 Å². The van der Waals surface area contributed by atoms with E-state index in [4.69, 9.17) is 14.7 Å². The Bertz CT molecular complexity index is 1560. The molecule has 0 radical (unpaired) electrons. The summed E-state index contributed by atoms with van der Waals surface area (Å²) >= 11 is 0. The van der Waals surface area contributed by atoms with E-state index >= 15 is 0 Å². The Kier molecular flexibility index (Phi) is 8.77. The number of hydrogen-bond acceptors (Lipinski definition) is 3. The molecule has 0 atom stereocenters. The highest BCUT2D eigenvalue weighted by Crippen LogP contribution is 2.21. The Labute approximate surface area is 248 Å². The number of rotatable bonds is 9. The van der Waals surface area contributed by atoms with Crippen molar-refractivity contribution in [3.05, 3.63) is 131 Å². The third-order valence-electron chi connectivity index (χ3n) is 7.52. The maximum Gasteiger partial charge on any atom is 0.344 e. The van der Waals surface area contributed by atoms with Crippen molar-refractivity contribution in [1.29, 1.82) is 0 Å². The van der Waals surface area contributed by atoms with Gasteiger partial charge in [0.25, 0.3) is 0 Å². The van der Waals surface area contributed by atoms with Crippen LogP contribution in [0, 0.1) is 0 Å².